The molecule has 1 heterocycles. The highest BCUT2D eigenvalue weighted by Gasteiger charge is 2.50. The summed E-state index contributed by atoms with van der Waals surface area (Å²) in [6.07, 6.45) is 3.24. The van der Waals surface area contributed by atoms with E-state index in [4.69, 9.17) is 19.8 Å². The van der Waals surface area contributed by atoms with Gasteiger partial charge in [0.15, 0.2) is 0 Å². The molecule has 1 saturated heterocycles. The van der Waals surface area contributed by atoms with Crippen molar-refractivity contribution in [3.63, 3.8) is 0 Å². The Balaban J connectivity index is 2.22. The number of esters is 1. The van der Waals surface area contributed by atoms with E-state index in [0.717, 1.165) is 19.2 Å². The van der Waals surface area contributed by atoms with Gasteiger partial charge in [0.05, 0.1) is 17.8 Å². The SMILES string of the molecule is CCOC(=O)C(N)CCCCB1OC(C)(C)C(C)(C)O1. The lowest BCUT2D eigenvalue weighted by atomic mass is 9.82. The van der Waals surface area contributed by atoms with Crippen molar-refractivity contribution in [3.8, 4) is 0 Å². The van der Waals surface area contributed by atoms with Crippen LogP contribution in [0.4, 0.5) is 0 Å². The zero-order valence-electron chi connectivity index (χ0n) is 13.4. The zero-order chi connectivity index (χ0) is 15.4. The molecule has 1 aliphatic heterocycles. The maximum Gasteiger partial charge on any atom is 0.457 e. The molecule has 6 heteroatoms. The summed E-state index contributed by atoms with van der Waals surface area (Å²) in [6, 6.07) is -0.520. The molecule has 0 saturated carbocycles. The summed E-state index contributed by atoms with van der Waals surface area (Å²) >= 11 is 0. The van der Waals surface area contributed by atoms with Crippen LogP contribution >= 0.6 is 0 Å². The lowest BCUT2D eigenvalue weighted by molar-refractivity contribution is -0.144. The number of hydrogen-bond donors (Lipinski definition) is 1. The Morgan fingerprint density at radius 3 is 2.25 bits per heavy atom. The first-order valence-corrected chi connectivity index (χ1v) is 7.47. The molecule has 0 radical (unpaired) electrons. The van der Waals surface area contributed by atoms with Gasteiger partial charge in [0.1, 0.15) is 6.04 Å². The van der Waals surface area contributed by atoms with Crippen LogP contribution in [0.3, 0.4) is 0 Å². The minimum absolute atomic E-state index is 0.168. The molecule has 1 atom stereocenters. The molecule has 20 heavy (non-hydrogen) atoms. The second-order valence-electron chi connectivity index (χ2n) is 6.33. The standard InChI is InChI=1S/C14H28BNO4/c1-6-18-12(17)11(16)9-7-8-10-15-19-13(2,3)14(4,5)20-15/h11H,6-10,16H2,1-5H3. The molecule has 0 amide bonds. The van der Waals surface area contributed by atoms with Crippen molar-refractivity contribution in [3.05, 3.63) is 0 Å². The quantitative estimate of drug-likeness (QED) is 0.441. The van der Waals surface area contributed by atoms with Crippen molar-refractivity contribution in [2.75, 3.05) is 6.61 Å². The van der Waals surface area contributed by atoms with Gasteiger partial charge in [-0.15, -0.1) is 0 Å². The van der Waals surface area contributed by atoms with E-state index in [0.29, 0.717) is 13.0 Å². The number of unbranched alkanes of at least 4 members (excludes halogenated alkanes) is 1. The van der Waals surface area contributed by atoms with Crippen LogP contribution in [0.2, 0.25) is 6.32 Å². The Hall–Kier alpha value is -0.585. The molecular weight excluding hydrogens is 257 g/mol. The minimum atomic E-state index is -0.520. The summed E-state index contributed by atoms with van der Waals surface area (Å²) in [6.45, 7) is 10.3. The largest absolute Gasteiger partial charge is 0.465 e. The van der Waals surface area contributed by atoms with Gasteiger partial charge in [-0.2, -0.15) is 0 Å². The molecule has 5 nitrogen and oxygen atoms in total. The highest BCUT2D eigenvalue weighted by atomic mass is 16.7. The van der Waals surface area contributed by atoms with Gasteiger partial charge in [0.2, 0.25) is 0 Å². The molecule has 1 unspecified atom stereocenters. The molecule has 116 valence electrons. The fourth-order valence-corrected chi connectivity index (χ4v) is 2.13. The van der Waals surface area contributed by atoms with Gasteiger partial charge >= 0.3 is 13.1 Å². The normalized spacial score (nSPS) is 21.8. The van der Waals surface area contributed by atoms with E-state index in [1.807, 2.05) is 27.7 Å². The number of carbonyl (C=O) groups excluding carboxylic acids is 1. The van der Waals surface area contributed by atoms with E-state index >= 15 is 0 Å². The van der Waals surface area contributed by atoms with Crippen LogP contribution in [-0.4, -0.2) is 36.9 Å². The predicted octanol–water partition coefficient (Wildman–Crippen LogP) is 2.14. The van der Waals surface area contributed by atoms with Gasteiger partial charge in [-0.05, 0) is 47.4 Å². The fraction of sp³-hybridized carbons (Fsp3) is 0.929. The van der Waals surface area contributed by atoms with Crippen molar-refractivity contribution in [1.29, 1.82) is 0 Å². The summed E-state index contributed by atoms with van der Waals surface area (Å²) in [5.74, 6) is -0.317. The first-order chi connectivity index (χ1) is 9.19. The summed E-state index contributed by atoms with van der Waals surface area (Å²) in [5.41, 5.74) is 5.19. The smallest absolute Gasteiger partial charge is 0.457 e. The van der Waals surface area contributed by atoms with E-state index in [1.54, 1.807) is 6.92 Å². The molecule has 0 spiro atoms. The van der Waals surface area contributed by atoms with E-state index in [2.05, 4.69) is 0 Å². The average molecular weight is 285 g/mol. The van der Waals surface area contributed by atoms with Crippen molar-refractivity contribution in [2.24, 2.45) is 5.73 Å². The van der Waals surface area contributed by atoms with Gasteiger partial charge in [-0.1, -0.05) is 12.8 Å². The highest BCUT2D eigenvalue weighted by molar-refractivity contribution is 6.45. The Bertz CT molecular complexity index is 317. The van der Waals surface area contributed by atoms with E-state index in [1.165, 1.54) is 0 Å². The third kappa shape index (κ3) is 4.47. The predicted molar refractivity (Wildman–Crippen MR) is 79.3 cm³/mol. The van der Waals surface area contributed by atoms with Crippen LogP contribution in [0.15, 0.2) is 0 Å². The van der Waals surface area contributed by atoms with Crippen molar-refractivity contribution in [2.45, 2.75) is 77.4 Å². The monoisotopic (exact) mass is 285 g/mol. The first kappa shape index (κ1) is 17.5. The third-order valence-electron chi connectivity index (χ3n) is 4.10. The maximum atomic E-state index is 11.4. The molecular formula is C14H28BNO4. The van der Waals surface area contributed by atoms with Crippen LogP contribution in [0.1, 0.15) is 53.9 Å². The third-order valence-corrected chi connectivity index (χ3v) is 4.10. The fourth-order valence-electron chi connectivity index (χ4n) is 2.13. The molecule has 0 aliphatic carbocycles. The number of hydrogen-bond acceptors (Lipinski definition) is 5. The molecule has 1 aliphatic rings. The van der Waals surface area contributed by atoms with Crippen molar-refractivity contribution < 1.29 is 18.8 Å². The second-order valence-corrected chi connectivity index (χ2v) is 6.33. The number of nitrogens with two attached hydrogens (primary N) is 1. The molecule has 1 rings (SSSR count). The summed E-state index contributed by atoms with van der Waals surface area (Å²) < 4.78 is 16.7. The lowest BCUT2D eigenvalue weighted by Gasteiger charge is -2.32. The number of ether oxygens (including phenoxy) is 1. The molecule has 1 fully saturated rings. The van der Waals surface area contributed by atoms with Crippen LogP contribution in [0, 0.1) is 0 Å². The van der Waals surface area contributed by atoms with E-state index in [-0.39, 0.29) is 24.3 Å². The Morgan fingerprint density at radius 2 is 1.75 bits per heavy atom. The molecule has 2 N–H and O–H groups in total. The first-order valence-electron chi connectivity index (χ1n) is 7.47. The van der Waals surface area contributed by atoms with Crippen LogP contribution in [0.5, 0.6) is 0 Å². The summed E-state index contributed by atoms with van der Waals surface area (Å²) in [7, 11) is -0.168. The van der Waals surface area contributed by atoms with Gasteiger partial charge in [0, 0.05) is 0 Å². The zero-order valence-corrected chi connectivity index (χ0v) is 13.4. The maximum absolute atomic E-state index is 11.4. The molecule has 0 aromatic heterocycles. The highest BCUT2D eigenvalue weighted by Crippen LogP contribution is 2.38. The lowest BCUT2D eigenvalue weighted by Crippen LogP contribution is -2.41. The molecule has 0 bridgehead atoms. The topological polar surface area (TPSA) is 70.8 Å². The van der Waals surface area contributed by atoms with Crippen molar-refractivity contribution in [1.82, 2.24) is 0 Å². The van der Waals surface area contributed by atoms with Crippen LogP contribution in [-0.2, 0) is 18.8 Å². The van der Waals surface area contributed by atoms with Crippen molar-refractivity contribution >= 4 is 13.1 Å². The van der Waals surface area contributed by atoms with Gasteiger partial charge in [-0.25, -0.2) is 0 Å². The average Bonchev–Trinajstić information content (AvgIpc) is 2.53. The van der Waals surface area contributed by atoms with E-state index in [9.17, 15) is 4.79 Å². The molecule has 0 aromatic carbocycles. The Labute approximate surface area is 122 Å². The number of rotatable bonds is 7. The van der Waals surface area contributed by atoms with Crippen LogP contribution < -0.4 is 5.73 Å². The van der Waals surface area contributed by atoms with Gasteiger partial charge < -0.3 is 19.8 Å². The molecule has 0 aromatic rings. The number of carbonyl (C=O) groups is 1. The van der Waals surface area contributed by atoms with Crippen LogP contribution in [0.25, 0.3) is 0 Å². The Morgan fingerprint density at radius 1 is 1.20 bits per heavy atom. The summed E-state index contributed by atoms with van der Waals surface area (Å²) in [4.78, 5) is 11.4. The minimum Gasteiger partial charge on any atom is -0.465 e. The second kappa shape index (κ2) is 6.92. The van der Waals surface area contributed by atoms with Gasteiger partial charge in [-0.3, -0.25) is 4.79 Å². The van der Waals surface area contributed by atoms with Gasteiger partial charge in [0.25, 0.3) is 0 Å². The summed E-state index contributed by atoms with van der Waals surface area (Å²) in [5, 5.41) is 0. The Kier molecular flexibility index (Phi) is 6.04. The van der Waals surface area contributed by atoms with E-state index < -0.39 is 6.04 Å².